The molecule has 1 aliphatic carbocycles. The Hall–Kier alpha value is -1.00. The largest absolute Gasteiger partial charge is 0.493 e. The van der Waals surface area contributed by atoms with Crippen molar-refractivity contribution in [2.24, 2.45) is 0 Å². The van der Waals surface area contributed by atoms with Gasteiger partial charge >= 0.3 is 0 Å². The molecule has 0 N–H and O–H groups in total. The van der Waals surface area contributed by atoms with Gasteiger partial charge in [-0.25, -0.2) is 0 Å². The van der Waals surface area contributed by atoms with Crippen LogP contribution in [0, 0.1) is 0 Å². The molecule has 0 unspecified atom stereocenters. The summed E-state index contributed by atoms with van der Waals surface area (Å²) >= 11 is 0. The highest BCUT2D eigenvalue weighted by Gasteiger charge is 2.37. The van der Waals surface area contributed by atoms with E-state index in [0.29, 0.717) is 6.10 Å². The summed E-state index contributed by atoms with van der Waals surface area (Å²) in [5.74, 6) is 1.66. The zero-order chi connectivity index (χ0) is 17.6. The van der Waals surface area contributed by atoms with Gasteiger partial charge in [-0.15, -0.1) is 0 Å². The molecule has 4 heteroatoms. The van der Waals surface area contributed by atoms with E-state index < -0.39 is 8.32 Å². The van der Waals surface area contributed by atoms with Gasteiger partial charge in [-0.1, -0.05) is 40.0 Å². The van der Waals surface area contributed by atoms with Crippen molar-refractivity contribution in [1.82, 2.24) is 0 Å². The molecule has 0 aromatic heterocycles. The van der Waals surface area contributed by atoms with Gasteiger partial charge in [0.2, 0.25) is 0 Å². The molecule has 0 saturated heterocycles. The molecule has 0 bridgehead atoms. The highest BCUT2D eigenvalue weighted by molar-refractivity contribution is 6.73. The Bertz CT molecular complexity index is 480. The second kappa shape index (κ2) is 8.91. The fourth-order valence-electron chi connectivity index (χ4n) is 4.26. The van der Waals surface area contributed by atoms with Gasteiger partial charge < -0.3 is 13.9 Å². The monoisotopic (exact) mass is 350 g/mol. The lowest BCUT2D eigenvalue weighted by molar-refractivity contribution is 0.195. The van der Waals surface area contributed by atoms with Gasteiger partial charge in [0.05, 0.1) is 20.3 Å². The van der Waals surface area contributed by atoms with Gasteiger partial charge in [0.1, 0.15) is 0 Å². The zero-order valence-electron chi connectivity index (χ0n) is 16.1. The Labute approximate surface area is 148 Å². The average molecular weight is 351 g/mol. The fraction of sp³-hybridized carbons (Fsp3) is 0.700. The molecule has 1 aromatic carbocycles. The van der Waals surface area contributed by atoms with Crippen LogP contribution in [0.25, 0.3) is 0 Å². The number of hydrogen-bond acceptors (Lipinski definition) is 3. The maximum Gasteiger partial charge on any atom is 0.193 e. The smallest absolute Gasteiger partial charge is 0.193 e. The van der Waals surface area contributed by atoms with E-state index in [0.717, 1.165) is 24.3 Å². The lowest BCUT2D eigenvalue weighted by Gasteiger charge is -2.34. The van der Waals surface area contributed by atoms with Gasteiger partial charge in [-0.05, 0) is 54.2 Å². The van der Waals surface area contributed by atoms with Gasteiger partial charge in [0, 0.05) is 0 Å². The van der Waals surface area contributed by atoms with Crippen LogP contribution in [0.15, 0.2) is 12.1 Å². The molecule has 1 aromatic rings. The van der Waals surface area contributed by atoms with Crippen molar-refractivity contribution in [3.8, 4) is 11.5 Å². The summed E-state index contributed by atoms with van der Waals surface area (Å²) < 4.78 is 17.8. The van der Waals surface area contributed by atoms with Crippen molar-refractivity contribution in [2.45, 2.75) is 77.1 Å². The van der Waals surface area contributed by atoms with Crippen LogP contribution >= 0.6 is 0 Å². The van der Waals surface area contributed by atoms with E-state index in [4.69, 9.17) is 13.9 Å². The standard InChI is InChI=1S/C20H34O3Si/c1-6-9-24(10-7-2,11-8-3)23-18-12-16-14-19(21-4)20(22-5)15-17(16)13-18/h14-15,18H,6-13H2,1-5H3. The maximum absolute atomic E-state index is 6.91. The summed E-state index contributed by atoms with van der Waals surface area (Å²) in [7, 11) is 1.80. The number of hydrogen-bond donors (Lipinski definition) is 0. The Morgan fingerprint density at radius 1 is 0.833 bits per heavy atom. The fourth-order valence-corrected chi connectivity index (χ4v) is 8.97. The molecule has 0 aliphatic heterocycles. The van der Waals surface area contributed by atoms with Crippen molar-refractivity contribution in [2.75, 3.05) is 14.2 Å². The lowest BCUT2D eigenvalue weighted by atomic mass is 10.1. The first-order chi connectivity index (χ1) is 11.6. The normalized spacial score (nSPS) is 14.7. The number of benzene rings is 1. The molecule has 3 nitrogen and oxygen atoms in total. The lowest BCUT2D eigenvalue weighted by Crippen LogP contribution is -2.41. The molecular weight excluding hydrogens is 316 g/mol. The van der Waals surface area contributed by atoms with Crippen LogP contribution in [0.1, 0.15) is 51.2 Å². The maximum atomic E-state index is 6.91. The molecule has 0 atom stereocenters. The third-order valence-corrected chi connectivity index (χ3v) is 10.2. The third kappa shape index (κ3) is 4.34. The molecular formula is C20H34O3Si. The Morgan fingerprint density at radius 3 is 1.58 bits per heavy atom. The van der Waals surface area contributed by atoms with Crippen LogP contribution < -0.4 is 9.47 Å². The van der Waals surface area contributed by atoms with Gasteiger partial charge in [0.15, 0.2) is 19.8 Å². The minimum Gasteiger partial charge on any atom is -0.493 e. The van der Waals surface area contributed by atoms with Crippen molar-refractivity contribution in [3.05, 3.63) is 23.3 Å². The molecule has 24 heavy (non-hydrogen) atoms. The first-order valence-corrected chi connectivity index (χ1v) is 12.1. The first kappa shape index (κ1) is 19.3. The van der Waals surface area contributed by atoms with Crippen molar-refractivity contribution in [1.29, 1.82) is 0 Å². The summed E-state index contributed by atoms with van der Waals surface area (Å²) in [5, 5.41) is 0. The van der Waals surface area contributed by atoms with Gasteiger partial charge in [-0.2, -0.15) is 0 Å². The minimum absolute atomic E-state index is 0.341. The number of rotatable bonds is 10. The summed E-state index contributed by atoms with van der Waals surface area (Å²) in [6.07, 6.45) is 6.10. The highest BCUT2D eigenvalue weighted by atomic mass is 28.4. The summed E-state index contributed by atoms with van der Waals surface area (Å²) in [5.41, 5.74) is 2.73. The Kier molecular flexibility index (Phi) is 7.17. The SMILES string of the molecule is CCC[Si](CCC)(CCC)OC1Cc2cc(OC)c(OC)cc2C1. The van der Waals surface area contributed by atoms with Crippen LogP contribution in [0.3, 0.4) is 0 Å². The van der Waals surface area contributed by atoms with Gasteiger partial charge in [-0.3, -0.25) is 0 Å². The summed E-state index contributed by atoms with van der Waals surface area (Å²) in [6.45, 7) is 6.90. The van der Waals surface area contributed by atoms with E-state index >= 15 is 0 Å². The van der Waals surface area contributed by atoms with Crippen molar-refractivity contribution in [3.63, 3.8) is 0 Å². The van der Waals surface area contributed by atoms with Crippen LogP contribution in [-0.2, 0) is 17.3 Å². The van der Waals surface area contributed by atoms with Crippen LogP contribution in [0.5, 0.6) is 11.5 Å². The predicted molar refractivity (Wildman–Crippen MR) is 103 cm³/mol. The van der Waals surface area contributed by atoms with Crippen molar-refractivity contribution < 1.29 is 13.9 Å². The van der Waals surface area contributed by atoms with E-state index in [2.05, 4.69) is 32.9 Å². The molecule has 0 spiro atoms. The Balaban J connectivity index is 2.15. The molecule has 1 aliphatic rings. The van der Waals surface area contributed by atoms with E-state index in [1.54, 1.807) is 14.2 Å². The van der Waals surface area contributed by atoms with E-state index in [1.165, 1.54) is 48.5 Å². The zero-order valence-corrected chi connectivity index (χ0v) is 17.1. The molecule has 2 rings (SSSR count). The quantitative estimate of drug-likeness (QED) is 0.531. The second-order valence-electron chi connectivity index (χ2n) is 7.06. The average Bonchev–Trinajstić information content (AvgIpc) is 2.94. The molecule has 136 valence electrons. The number of methoxy groups -OCH3 is 2. The second-order valence-corrected chi connectivity index (χ2v) is 11.2. The molecule has 0 saturated carbocycles. The molecule has 0 radical (unpaired) electrons. The highest BCUT2D eigenvalue weighted by Crippen LogP contribution is 2.38. The number of fused-ring (bicyclic) bond motifs is 1. The molecule has 0 heterocycles. The van der Waals surface area contributed by atoms with Crippen LogP contribution in [-0.4, -0.2) is 28.6 Å². The van der Waals surface area contributed by atoms with Crippen LogP contribution in [0.2, 0.25) is 18.1 Å². The van der Waals surface area contributed by atoms with E-state index in [1.807, 2.05) is 0 Å². The van der Waals surface area contributed by atoms with Gasteiger partial charge in [0.25, 0.3) is 0 Å². The summed E-state index contributed by atoms with van der Waals surface area (Å²) in [6, 6.07) is 8.18. The minimum atomic E-state index is -1.61. The Morgan fingerprint density at radius 2 is 1.25 bits per heavy atom. The predicted octanol–water partition coefficient (Wildman–Crippen LogP) is 5.36. The topological polar surface area (TPSA) is 27.7 Å². The number of ether oxygens (including phenoxy) is 2. The summed E-state index contributed by atoms with van der Waals surface area (Å²) in [4.78, 5) is 0. The first-order valence-electron chi connectivity index (χ1n) is 9.52. The molecule has 0 amide bonds. The van der Waals surface area contributed by atoms with Crippen molar-refractivity contribution >= 4 is 8.32 Å². The third-order valence-electron chi connectivity index (χ3n) is 5.13. The molecule has 0 fully saturated rings. The van der Waals surface area contributed by atoms with E-state index in [9.17, 15) is 0 Å². The van der Waals surface area contributed by atoms with E-state index in [-0.39, 0.29) is 0 Å². The van der Waals surface area contributed by atoms with Crippen LogP contribution in [0.4, 0.5) is 0 Å².